The molecule has 1 aliphatic heterocycles. The molecule has 3 N–H and O–H groups in total. The normalized spacial score (nSPS) is 30.6. The van der Waals surface area contributed by atoms with E-state index >= 15 is 0 Å². The van der Waals surface area contributed by atoms with Crippen molar-refractivity contribution in [2.24, 2.45) is 5.92 Å². The molecular weight excluding hydrogens is 588 g/mol. The Morgan fingerprint density at radius 2 is 2.12 bits per heavy atom. The molecule has 2 unspecified atom stereocenters. The summed E-state index contributed by atoms with van der Waals surface area (Å²) in [6, 6.07) is -0.477. The number of ether oxygens (including phenoxy) is 1. The standard InChI is InChI=1S/C26H43N4O6PS2Si/c1-15(2)16-9-10-26(6,19(31)11-16)39-37(38)34-13-18-17(36-40(7,8)25(3,4)5)12-20(35-18)30-14-27-21-22(30)28-24(33)29-23(21)32/h14,16-20,31,37H,1,9-13H2,2-8H3,(H2,28,29,32,33)/t16-,17?,18+,19+,20+,26+/m0/s1. The van der Waals surface area contributed by atoms with Gasteiger partial charge in [-0.2, -0.15) is 4.98 Å². The van der Waals surface area contributed by atoms with E-state index < -0.39 is 44.4 Å². The minimum absolute atomic E-state index is 0.00494. The number of aliphatic hydroxyl groups excluding tert-OH is 1. The van der Waals surface area contributed by atoms with Gasteiger partial charge < -0.3 is 23.9 Å². The molecule has 224 valence electrons. The molecule has 7 atom stereocenters. The number of aromatic nitrogens is 4. The van der Waals surface area contributed by atoms with Gasteiger partial charge in [0.15, 0.2) is 19.5 Å². The van der Waals surface area contributed by atoms with E-state index in [0.717, 1.165) is 18.4 Å². The summed E-state index contributed by atoms with van der Waals surface area (Å²) in [4.78, 5) is 22.8. The lowest BCUT2D eigenvalue weighted by Gasteiger charge is -2.41. The summed E-state index contributed by atoms with van der Waals surface area (Å²) in [6.07, 6.45) is 1.19. The van der Waals surface area contributed by atoms with E-state index in [-0.39, 0.29) is 33.7 Å². The molecular formula is C26H43N4O6PS2Si. The first-order chi connectivity index (χ1) is 18.5. The molecule has 4 rings (SSSR count). The number of aromatic hydroxyl groups is 1. The predicted octanol–water partition coefficient (Wildman–Crippen LogP) is 5.25. The number of imidazole rings is 1. The minimum atomic E-state index is -2.16. The lowest BCUT2D eigenvalue weighted by Crippen LogP contribution is -2.46. The first kappa shape index (κ1) is 31.9. The number of aromatic amines is 1. The lowest BCUT2D eigenvalue weighted by atomic mass is 9.77. The van der Waals surface area contributed by atoms with E-state index in [2.05, 4.69) is 62.3 Å². The Kier molecular flexibility index (Phi) is 9.49. The van der Waals surface area contributed by atoms with Gasteiger partial charge in [0.1, 0.15) is 18.5 Å². The zero-order valence-corrected chi connectivity index (χ0v) is 28.0. The summed E-state index contributed by atoms with van der Waals surface area (Å²) >= 11 is 7.39. The second-order valence-electron chi connectivity index (χ2n) is 12.8. The van der Waals surface area contributed by atoms with E-state index in [9.17, 15) is 15.0 Å². The highest BCUT2D eigenvalue weighted by atomic mass is 32.9. The first-order valence-corrected chi connectivity index (χ1v) is 20.7. The number of fused-ring (bicyclic) bond motifs is 1. The highest BCUT2D eigenvalue weighted by Crippen LogP contribution is 2.55. The van der Waals surface area contributed by atoms with Gasteiger partial charge in [0, 0.05) is 11.2 Å². The molecule has 0 amide bonds. The molecule has 0 bridgehead atoms. The number of aliphatic hydroxyl groups is 1. The molecule has 0 spiro atoms. The average Bonchev–Trinajstić information content (AvgIpc) is 3.42. The van der Waals surface area contributed by atoms with Crippen molar-refractivity contribution in [3.8, 4) is 6.01 Å². The molecule has 2 aliphatic rings. The summed E-state index contributed by atoms with van der Waals surface area (Å²) in [5.74, 6) is 0.341. The van der Waals surface area contributed by atoms with Crippen molar-refractivity contribution in [2.45, 2.75) is 108 Å². The quantitative estimate of drug-likeness (QED) is 0.192. The number of hydrogen-bond donors (Lipinski definition) is 3. The Hall–Kier alpha value is -1.05. The van der Waals surface area contributed by atoms with Gasteiger partial charge in [-0.05, 0) is 57.2 Å². The molecule has 14 heteroatoms. The SMILES string of the molecule is C=C(C)[C@H]1CC[C@@](C)(S[PH](=S)OC[C@H]2O[C@@H](n3cnc4c(=O)[nH]c(O)nc43)CC2O[Si](C)(C)C(C)(C)C)[C@H](O)C1. The van der Waals surface area contributed by atoms with Crippen LogP contribution in [0.15, 0.2) is 23.3 Å². The number of H-pyrrole nitrogens is 1. The van der Waals surface area contributed by atoms with Crippen LogP contribution in [-0.4, -0.2) is 67.7 Å². The van der Waals surface area contributed by atoms with E-state index in [1.54, 1.807) is 15.9 Å². The van der Waals surface area contributed by atoms with E-state index in [4.69, 9.17) is 25.5 Å². The topological polar surface area (TPSA) is 132 Å². The fraction of sp³-hybridized carbons (Fsp3) is 0.731. The van der Waals surface area contributed by atoms with Crippen LogP contribution in [0.3, 0.4) is 0 Å². The van der Waals surface area contributed by atoms with Crippen LogP contribution in [0.2, 0.25) is 18.1 Å². The van der Waals surface area contributed by atoms with Gasteiger partial charge in [0.2, 0.25) is 0 Å². The number of rotatable bonds is 9. The maximum atomic E-state index is 12.3. The van der Waals surface area contributed by atoms with Crippen LogP contribution < -0.4 is 5.56 Å². The van der Waals surface area contributed by atoms with Crippen molar-refractivity contribution in [3.63, 3.8) is 0 Å². The van der Waals surface area contributed by atoms with Crippen LogP contribution in [0.5, 0.6) is 6.01 Å². The number of hydrogen-bond acceptors (Lipinski definition) is 10. The third-order valence-corrected chi connectivity index (χ3v) is 18.1. The van der Waals surface area contributed by atoms with Gasteiger partial charge >= 0.3 is 0 Å². The Labute approximate surface area is 246 Å². The van der Waals surface area contributed by atoms with Crippen molar-refractivity contribution >= 4 is 48.8 Å². The van der Waals surface area contributed by atoms with Crippen molar-refractivity contribution in [1.82, 2.24) is 19.5 Å². The Bertz CT molecular complexity index is 1330. The molecule has 0 aromatic carbocycles. The molecule has 2 fully saturated rings. The van der Waals surface area contributed by atoms with Crippen LogP contribution >= 0.6 is 17.5 Å². The number of allylic oxidation sites excluding steroid dienone is 1. The lowest BCUT2D eigenvalue weighted by molar-refractivity contribution is -0.0334. The van der Waals surface area contributed by atoms with Crippen molar-refractivity contribution in [2.75, 3.05) is 6.61 Å². The van der Waals surface area contributed by atoms with Crippen LogP contribution in [-0.2, 0) is 25.5 Å². The molecule has 1 aliphatic carbocycles. The van der Waals surface area contributed by atoms with Crippen molar-refractivity contribution in [3.05, 3.63) is 28.8 Å². The Morgan fingerprint density at radius 1 is 1.43 bits per heavy atom. The van der Waals surface area contributed by atoms with Crippen LogP contribution in [0.1, 0.15) is 66.5 Å². The van der Waals surface area contributed by atoms with Gasteiger partial charge in [0.05, 0.1) is 25.1 Å². The van der Waals surface area contributed by atoms with Gasteiger partial charge in [-0.1, -0.05) is 56.1 Å². The highest BCUT2D eigenvalue weighted by Gasteiger charge is 2.46. The average molecular weight is 631 g/mol. The maximum Gasteiger partial charge on any atom is 0.296 e. The smallest absolute Gasteiger partial charge is 0.296 e. The molecule has 1 saturated heterocycles. The zero-order chi connectivity index (χ0) is 29.6. The third-order valence-electron chi connectivity index (χ3n) is 8.74. The molecule has 2 aromatic rings. The third kappa shape index (κ3) is 6.77. The largest absolute Gasteiger partial charge is 0.480 e. The fourth-order valence-electron chi connectivity index (χ4n) is 5.03. The van der Waals surface area contributed by atoms with Gasteiger partial charge in [-0.25, -0.2) is 4.98 Å². The maximum absolute atomic E-state index is 12.3. The molecule has 2 aromatic heterocycles. The van der Waals surface area contributed by atoms with Gasteiger partial charge in [-0.3, -0.25) is 14.3 Å². The van der Waals surface area contributed by atoms with Crippen LogP contribution in [0, 0.1) is 5.92 Å². The molecule has 10 nitrogen and oxygen atoms in total. The minimum Gasteiger partial charge on any atom is -0.480 e. The van der Waals surface area contributed by atoms with E-state index in [1.807, 2.05) is 6.92 Å². The summed E-state index contributed by atoms with van der Waals surface area (Å²) in [5, 5.41) is 20.8. The number of nitrogens with one attached hydrogen (secondary N) is 1. The molecule has 1 saturated carbocycles. The van der Waals surface area contributed by atoms with Crippen molar-refractivity contribution < 1.29 is 23.9 Å². The van der Waals surface area contributed by atoms with Crippen LogP contribution in [0.25, 0.3) is 11.2 Å². The summed E-state index contributed by atoms with van der Waals surface area (Å²) in [7, 11) is -2.16. The summed E-state index contributed by atoms with van der Waals surface area (Å²) in [5.41, 5.74) is 0.975. The second-order valence-corrected chi connectivity index (χ2v) is 23.1. The Balaban J connectivity index is 1.49. The Morgan fingerprint density at radius 3 is 2.75 bits per heavy atom. The number of nitrogens with zero attached hydrogens (tertiary/aromatic N) is 3. The molecule has 0 radical (unpaired) electrons. The van der Waals surface area contributed by atoms with E-state index in [0.29, 0.717) is 18.8 Å². The van der Waals surface area contributed by atoms with Gasteiger partial charge in [0.25, 0.3) is 11.6 Å². The molecule has 3 heterocycles. The highest BCUT2D eigenvalue weighted by molar-refractivity contribution is 8.63. The second kappa shape index (κ2) is 11.9. The van der Waals surface area contributed by atoms with Crippen molar-refractivity contribution in [1.29, 1.82) is 0 Å². The van der Waals surface area contributed by atoms with E-state index in [1.165, 1.54) is 6.33 Å². The summed E-state index contributed by atoms with van der Waals surface area (Å²) in [6.45, 7) is 19.4. The predicted molar refractivity (Wildman–Crippen MR) is 166 cm³/mol. The first-order valence-electron chi connectivity index (χ1n) is 13.7. The fourth-order valence-corrected chi connectivity index (χ4v) is 11.7. The summed E-state index contributed by atoms with van der Waals surface area (Å²) < 4.78 is 20.8. The molecule has 40 heavy (non-hydrogen) atoms. The monoisotopic (exact) mass is 630 g/mol. The zero-order valence-electron chi connectivity index (χ0n) is 24.4. The van der Waals surface area contributed by atoms with Crippen LogP contribution in [0.4, 0.5) is 0 Å². The van der Waals surface area contributed by atoms with Gasteiger partial charge in [-0.15, -0.1) is 0 Å².